The molecule has 1 aliphatic heterocycles. The van der Waals surface area contributed by atoms with Crippen LogP contribution in [0.3, 0.4) is 0 Å². The van der Waals surface area contributed by atoms with E-state index in [4.69, 9.17) is 9.47 Å². The third-order valence-corrected chi connectivity index (χ3v) is 5.34. The standard InChI is InChI=1S/C17H18N2O6S.Rh/c1-2-24-14(22)8-11(20)10-26-17-15(16(23)19-17)18-13(21)9-25-12-6-4-3-5-7-12;/h3-7,15,17H,2,9-10H2,1H3,(H,18,21)(H,19,23);/t15-,17-;/m1./s1. The molecule has 1 aliphatic rings. The number of amides is 2. The van der Waals surface area contributed by atoms with Crippen molar-refractivity contribution in [2.75, 3.05) is 19.0 Å². The van der Waals surface area contributed by atoms with Crippen LogP contribution in [0.2, 0.25) is 0 Å². The maximum absolute atomic E-state index is 12.0. The molecule has 0 saturated carbocycles. The van der Waals surface area contributed by atoms with Crippen LogP contribution in [0, 0.1) is 0 Å². The Morgan fingerprint density at radius 1 is 1.26 bits per heavy atom. The van der Waals surface area contributed by atoms with Crippen molar-refractivity contribution in [2.24, 2.45) is 0 Å². The second-order valence-corrected chi connectivity index (χ2v) is 7.27. The summed E-state index contributed by atoms with van der Waals surface area (Å²) in [7, 11) is 0. The van der Waals surface area contributed by atoms with Gasteiger partial charge in [-0.15, -0.1) is 0 Å². The number of thioether (sulfide) groups is 1. The molecule has 0 aromatic heterocycles. The molecule has 0 radical (unpaired) electrons. The van der Waals surface area contributed by atoms with Gasteiger partial charge in [-0.1, -0.05) is 18.2 Å². The monoisotopic (exact) mass is 481 g/mol. The van der Waals surface area contributed by atoms with E-state index in [-0.39, 0.29) is 29.0 Å². The Hall–Kier alpha value is -2.06. The van der Waals surface area contributed by atoms with E-state index in [2.05, 4.69) is 28.5 Å². The second-order valence-electron chi connectivity index (χ2n) is 5.32. The summed E-state index contributed by atoms with van der Waals surface area (Å²) in [5.74, 6) is -1.40. The molecule has 2 atom stereocenters. The minimum Gasteiger partial charge on any atom is -0.0620 e. The van der Waals surface area contributed by atoms with E-state index in [1.807, 2.05) is 6.07 Å². The number of ketones is 1. The quantitative estimate of drug-likeness (QED) is 0.202. The molecule has 0 spiro atoms. The van der Waals surface area contributed by atoms with E-state index in [0.717, 1.165) is 11.8 Å². The van der Waals surface area contributed by atoms with Crippen LogP contribution in [0.15, 0.2) is 30.3 Å². The molecule has 2 N–H and O–H groups in total. The van der Waals surface area contributed by atoms with Gasteiger partial charge in [-0.2, -0.15) is 0 Å². The van der Waals surface area contributed by atoms with Gasteiger partial charge in [-0.05, 0) is 0 Å². The summed E-state index contributed by atoms with van der Waals surface area (Å²) in [5.41, 5.74) is 0. The molecular weight excluding hydrogens is 463 g/mol. The van der Waals surface area contributed by atoms with Crippen molar-refractivity contribution >= 4 is 39.4 Å². The number of β-lactam (4-membered cyclic amide) rings is 1. The number of para-hydroxylation sites is 1. The zero-order valence-corrected chi connectivity index (χ0v) is 16.8. The number of Topliss-reactive ketones (excluding diaryl/α,β-unsaturated/α-hetero) is 1. The van der Waals surface area contributed by atoms with E-state index in [9.17, 15) is 19.2 Å². The number of rotatable bonds is 10. The van der Waals surface area contributed by atoms with E-state index < -0.39 is 29.1 Å². The zero-order valence-electron chi connectivity index (χ0n) is 14.4. The molecule has 8 nitrogen and oxygen atoms in total. The fraction of sp³-hybridized carbons (Fsp3) is 0.353. The Morgan fingerprint density at radius 2 is 1.96 bits per heavy atom. The smallest absolute Gasteiger partial charge is 0.0620 e. The Labute approximate surface area is 169 Å². The van der Waals surface area contributed by atoms with Gasteiger partial charge in [0.1, 0.15) is 0 Å². The first-order valence-electron chi connectivity index (χ1n) is 8.02. The van der Waals surface area contributed by atoms with Gasteiger partial charge in [-0.3, -0.25) is 0 Å². The topological polar surface area (TPSA) is 111 Å². The normalized spacial score (nSPS) is 17.9. The average molecular weight is 481 g/mol. The molecule has 1 aromatic carbocycles. The maximum atomic E-state index is 12.0. The summed E-state index contributed by atoms with van der Waals surface area (Å²) < 4.78 is 9.97. The van der Waals surface area contributed by atoms with Crippen molar-refractivity contribution in [3.05, 3.63) is 30.3 Å². The summed E-state index contributed by atoms with van der Waals surface area (Å²) in [6.07, 6.45) is 0. The Morgan fingerprint density at radius 3 is 2.59 bits per heavy atom. The Kier molecular flexibility index (Phi) is 8.12. The van der Waals surface area contributed by atoms with Crippen LogP contribution in [-0.2, 0) is 41.8 Å². The molecule has 1 aromatic rings. The SMILES string of the molecule is CCOC(=O)[C](=[Rh])C(=O)CS[C@H]1NC(=O)[C@H]1NC(=O)COc1ccccc1. The van der Waals surface area contributed by atoms with E-state index in [0.29, 0.717) is 5.75 Å². The number of ether oxygens (including phenoxy) is 2. The van der Waals surface area contributed by atoms with Gasteiger partial charge in [0.05, 0.1) is 0 Å². The first-order chi connectivity index (χ1) is 12.9. The first-order valence-corrected chi connectivity index (χ1v) is 9.89. The molecule has 27 heavy (non-hydrogen) atoms. The first kappa shape index (κ1) is 21.2. The van der Waals surface area contributed by atoms with Gasteiger partial charge in [0.25, 0.3) is 0 Å². The van der Waals surface area contributed by atoms with Gasteiger partial charge in [0.15, 0.2) is 0 Å². The summed E-state index contributed by atoms with van der Waals surface area (Å²) in [5, 5.41) is 4.71. The molecule has 2 amide bonds. The summed E-state index contributed by atoms with van der Waals surface area (Å²) in [4.78, 5) is 47.1. The van der Waals surface area contributed by atoms with E-state index in [1.54, 1.807) is 31.2 Å². The van der Waals surface area contributed by atoms with Crippen LogP contribution >= 0.6 is 11.8 Å². The Bertz CT molecular complexity index is 742. The molecule has 147 valence electrons. The van der Waals surface area contributed by atoms with Crippen molar-refractivity contribution in [3.63, 3.8) is 0 Å². The summed E-state index contributed by atoms with van der Waals surface area (Å²) >= 11 is 3.41. The van der Waals surface area contributed by atoms with Crippen molar-refractivity contribution in [1.82, 2.24) is 10.6 Å². The Balaban J connectivity index is 1.76. The minimum atomic E-state index is -0.761. The van der Waals surface area contributed by atoms with Gasteiger partial charge in [-0.25, -0.2) is 0 Å². The third-order valence-electron chi connectivity index (χ3n) is 3.37. The fourth-order valence-corrected chi connectivity index (χ4v) is 3.55. The van der Waals surface area contributed by atoms with Crippen LogP contribution in [0.25, 0.3) is 0 Å². The molecule has 0 unspecified atom stereocenters. The second kappa shape index (κ2) is 10.3. The van der Waals surface area contributed by atoms with Gasteiger partial charge >= 0.3 is 152 Å². The van der Waals surface area contributed by atoms with Crippen LogP contribution < -0.4 is 15.4 Å². The molecule has 1 fully saturated rings. The predicted octanol–water partition coefficient (Wildman–Crippen LogP) is -0.409. The minimum absolute atomic E-state index is 0.0389. The van der Waals surface area contributed by atoms with Gasteiger partial charge < -0.3 is 0 Å². The van der Waals surface area contributed by atoms with E-state index >= 15 is 0 Å². The number of esters is 1. The van der Waals surface area contributed by atoms with Crippen LogP contribution in [0.5, 0.6) is 5.75 Å². The number of nitrogens with one attached hydrogen (secondary N) is 2. The molecule has 0 aliphatic carbocycles. The zero-order chi connectivity index (χ0) is 19.8. The number of carbonyl (C=O) groups excluding carboxylic acids is 4. The van der Waals surface area contributed by atoms with Crippen molar-refractivity contribution in [1.29, 1.82) is 0 Å². The van der Waals surface area contributed by atoms with Gasteiger partial charge in [0, 0.05) is 0 Å². The predicted molar refractivity (Wildman–Crippen MR) is 94.9 cm³/mol. The number of benzene rings is 1. The third kappa shape index (κ3) is 6.25. The molecule has 1 heterocycles. The number of hydrogen-bond donors (Lipinski definition) is 2. The van der Waals surface area contributed by atoms with Crippen LogP contribution in [0.4, 0.5) is 0 Å². The van der Waals surface area contributed by atoms with Crippen molar-refractivity contribution in [3.8, 4) is 5.75 Å². The van der Waals surface area contributed by atoms with Crippen LogP contribution in [-0.4, -0.2) is 58.1 Å². The summed E-state index contributed by atoms with van der Waals surface area (Å²) in [6.45, 7) is 1.59. The van der Waals surface area contributed by atoms with E-state index in [1.165, 1.54) is 0 Å². The van der Waals surface area contributed by atoms with Crippen molar-refractivity contribution in [2.45, 2.75) is 18.3 Å². The average Bonchev–Trinajstić information content (AvgIpc) is 2.67. The molecular formula is C17H18N2O6RhS. The summed E-state index contributed by atoms with van der Waals surface area (Å²) in [6, 6.07) is 8.06. The van der Waals surface area contributed by atoms with Crippen molar-refractivity contribution < 1.29 is 46.5 Å². The molecule has 0 bridgehead atoms. The molecule has 10 heteroatoms. The molecule has 1 saturated heterocycles. The fourth-order valence-electron chi connectivity index (χ4n) is 2.05. The number of hydrogen-bond acceptors (Lipinski definition) is 7. The van der Waals surface area contributed by atoms with Crippen LogP contribution in [0.1, 0.15) is 6.92 Å². The van der Waals surface area contributed by atoms with Gasteiger partial charge in [0.2, 0.25) is 0 Å². The molecule has 2 rings (SSSR count). The number of carbonyl (C=O) groups is 4.